The van der Waals surface area contributed by atoms with Gasteiger partial charge in [0, 0.05) is 22.5 Å². The first-order valence-electron chi connectivity index (χ1n) is 9.84. The molecule has 0 aliphatic heterocycles. The van der Waals surface area contributed by atoms with Crippen molar-refractivity contribution >= 4 is 28.1 Å². The first-order valence-corrected chi connectivity index (χ1v) is 10.6. The Morgan fingerprint density at radius 3 is 2.40 bits per heavy atom. The van der Waals surface area contributed by atoms with Gasteiger partial charge in [0.25, 0.3) is 0 Å². The molecule has 3 aromatic carbocycles. The van der Waals surface area contributed by atoms with Gasteiger partial charge in [0.15, 0.2) is 0 Å². The van der Waals surface area contributed by atoms with Crippen LogP contribution in [0.5, 0.6) is 0 Å². The molecule has 0 atom stereocenters. The Kier molecular flexibility index (Phi) is 6.29. The number of fused-ring (bicyclic) bond motifs is 3. The van der Waals surface area contributed by atoms with E-state index in [4.69, 9.17) is 4.74 Å². The van der Waals surface area contributed by atoms with Crippen LogP contribution in [0.25, 0.3) is 17.2 Å². The third-order valence-electron chi connectivity index (χ3n) is 5.18. The summed E-state index contributed by atoms with van der Waals surface area (Å²) in [6, 6.07) is 21.3. The maximum Gasteiger partial charge on any atom is 0.407 e. The molecule has 5 heteroatoms. The normalized spacial score (nSPS) is 12.6. The van der Waals surface area contributed by atoms with Crippen LogP contribution in [-0.4, -0.2) is 19.2 Å². The Labute approximate surface area is 183 Å². The summed E-state index contributed by atoms with van der Waals surface area (Å²) in [4.78, 5) is 12.1. The minimum absolute atomic E-state index is 0.0440. The average Bonchev–Trinajstić information content (AvgIpc) is 3.08. The van der Waals surface area contributed by atoms with Gasteiger partial charge in [-0.2, -0.15) is 0 Å². The van der Waals surface area contributed by atoms with Gasteiger partial charge in [-0.25, -0.2) is 9.18 Å². The van der Waals surface area contributed by atoms with Crippen molar-refractivity contribution in [2.45, 2.75) is 12.3 Å². The first kappa shape index (κ1) is 20.4. The van der Waals surface area contributed by atoms with Crippen LogP contribution < -0.4 is 5.32 Å². The number of alkyl carbamates (subject to hydrolysis) is 1. The molecular formula is C25H21BrFNO2. The lowest BCUT2D eigenvalue weighted by Gasteiger charge is -2.14. The minimum atomic E-state index is -0.445. The fourth-order valence-electron chi connectivity index (χ4n) is 3.76. The van der Waals surface area contributed by atoms with Crippen LogP contribution in [0.4, 0.5) is 9.18 Å². The monoisotopic (exact) mass is 465 g/mol. The number of hydrogen-bond donors (Lipinski definition) is 1. The van der Waals surface area contributed by atoms with Crippen LogP contribution in [0.1, 0.15) is 29.0 Å². The van der Waals surface area contributed by atoms with Crippen molar-refractivity contribution in [3.05, 3.63) is 99.8 Å². The van der Waals surface area contributed by atoms with Crippen LogP contribution in [-0.2, 0) is 4.74 Å². The van der Waals surface area contributed by atoms with Crippen LogP contribution in [0.2, 0.25) is 0 Å². The zero-order valence-corrected chi connectivity index (χ0v) is 17.9. The third-order valence-corrected chi connectivity index (χ3v) is 5.67. The summed E-state index contributed by atoms with van der Waals surface area (Å²) in [6.45, 7) is 0.710. The van der Waals surface area contributed by atoms with Crippen molar-refractivity contribution in [3.8, 4) is 11.1 Å². The predicted molar refractivity (Wildman–Crippen MR) is 121 cm³/mol. The van der Waals surface area contributed by atoms with E-state index < -0.39 is 6.09 Å². The van der Waals surface area contributed by atoms with Crippen LogP contribution in [0.15, 0.2) is 77.3 Å². The van der Waals surface area contributed by atoms with Crippen LogP contribution >= 0.6 is 15.9 Å². The van der Waals surface area contributed by atoms with Gasteiger partial charge in [-0.3, -0.25) is 0 Å². The summed E-state index contributed by atoms with van der Waals surface area (Å²) < 4.78 is 20.0. The lowest BCUT2D eigenvalue weighted by atomic mass is 9.98. The number of hydrogen-bond acceptors (Lipinski definition) is 2. The molecule has 30 heavy (non-hydrogen) atoms. The molecule has 0 unspecified atom stereocenters. The maximum absolute atomic E-state index is 13.7. The van der Waals surface area contributed by atoms with E-state index in [0.29, 0.717) is 25.1 Å². The number of nitrogens with one attached hydrogen (secondary N) is 1. The molecule has 3 nitrogen and oxygen atoms in total. The Morgan fingerprint density at radius 2 is 1.70 bits per heavy atom. The Hall–Kier alpha value is -2.92. The molecule has 1 N–H and O–H groups in total. The molecule has 0 fully saturated rings. The van der Waals surface area contributed by atoms with E-state index in [2.05, 4.69) is 45.5 Å². The van der Waals surface area contributed by atoms with Gasteiger partial charge >= 0.3 is 6.09 Å². The fourth-order valence-corrected chi connectivity index (χ4v) is 4.14. The SMILES string of the molecule is O=C(NCCC=Cc1cc(Br)ccc1F)OCC1c2ccccc2-c2ccccc21. The highest BCUT2D eigenvalue weighted by atomic mass is 79.9. The predicted octanol–water partition coefficient (Wildman–Crippen LogP) is 6.53. The summed E-state index contributed by atoms with van der Waals surface area (Å²) in [6.07, 6.45) is 3.67. The molecule has 0 bridgehead atoms. The largest absolute Gasteiger partial charge is 0.449 e. The zero-order chi connectivity index (χ0) is 20.9. The summed E-state index contributed by atoms with van der Waals surface area (Å²) >= 11 is 3.33. The molecule has 1 aliphatic rings. The van der Waals surface area contributed by atoms with Crippen molar-refractivity contribution in [2.24, 2.45) is 0 Å². The molecule has 0 saturated carbocycles. The van der Waals surface area contributed by atoms with E-state index in [9.17, 15) is 9.18 Å². The summed E-state index contributed by atoms with van der Waals surface area (Å²) in [5.41, 5.74) is 5.28. The maximum atomic E-state index is 13.7. The van der Waals surface area contributed by atoms with Gasteiger partial charge in [0.05, 0.1) is 0 Å². The summed E-state index contributed by atoms with van der Waals surface area (Å²) in [5.74, 6) is -0.235. The molecule has 0 aromatic heterocycles. The smallest absolute Gasteiger partial charge is 0.407 e. The second-order valence-electron chi connectivity index (χ2n) is 7.11. The van der Waals surface area contributed by atoms with Gasteiger partial charge in [0.1, 0.15) is 12.4 Å². The van der Waals surface area contributed by atoms with E-state index in [0.717, 1.165) is 4.47 Å². The number of amides is 1. The van der Waals surface area contributed by atoms with Crippen molar-refractivity contribution in [2.75, 3.05) is 13.2 Å². The highest BCUT2D eigenvalue weighted by Gasteiger charge is 2.28. The first-order chi connectivity index (χ1) is 14.6. The highest BCUT2D eigenvalue weighted by molar-refractivity contribution is 9.10. The molecule has 0 radical (unpaired) electrons. The molecule has 152 valence electrons. The second kappa shape index (κ2) is 9.26. The highest BCUT2D eigenvalue weighted by Crippen LogP contribution is 2.44. The fraction of sp³-hybridized carbons (Fsp3) is 0.160. The Balaban J connectivity index is 1.28. The van der Waals surface area contributed by atoms with Gasteiger partial charge in [-0.1, -0.05) is 76.6 Å². The molecule has 0 saturated heterocycles. The number of halogens is 2. The number of benzene rings is 3. The van der Waals surface area contributed by atoms with Crippen molar-refractivity contribution < 1.29 is 13.9 Å². The molecule has 1 amide bonds. The minimum Gasteiger partial charge on any atom is -0.449 e. The lowest BCUT2D eigenvalue weighted by Crippen LogP contribution is -2.26. The van der Waals surface area contributed by atoms with Gasteiger partial charge in [-0.15, -0.1) is 0 Å². The second-order valence-corrected chi connectivity index (χ2v) is 8.02. The summed E-state index contributed by atoms with van der Waals surface area (Å²) in [7, 11) is 0. The van der Waals surface area contributed by atoms with E-state index in [1.165, 1.54) is 28.3 Å². The average molecular weight is 466 g/mol. The van der Waals surface area contributed by atoms with Gasteiger partial charge in [-0.05, 0) is 46.9 Å². The van der Waals surface area contributed by atoms with Crippen LogP contribution in [0.3, 0.4) is 0 Å². The van der Waals surface area contributed by atoms with Crippen molar-refractivity contribution in [1.82, 2.24) is 5.32 Å². The van der Waals surface area contributed by atoms with Gasteiger partial charge in [0.2, 0.25) is 0 Å². The van der Waals surface area contributed by atoms with Crippen molar-refractivity contribution in [1.29, 1.82) is 0 Å². The van der Waals surface area contributed by atoms with Gasteiger partial charge < -0.3 is 10.1 Å². The molecule has 1 aliphatic carbocycles. The number of carbonyl (C=O) groups is 1. The molecule has 0 heterocycles. The Morgan fingerprint density at radius 1 is 1.03 bits per heavy atom. The number of rotatable bonds is 6. The van der Waals surface area contributed by atoms with E-state index in [-0.39, 0.29) is 11.7 Å². The zero-order valence-electron chi connectivity index (χ0n) is 16.3. The standard InChI is InChI=1S/C25H21BrFNO2/c26-18-12-13-24(27)17(15-18)7-5-6-14-28-25(29)30-16-23-21-10-3-1-8-19(21)20-9-2-4-11-22(20)23/h1-5,7-13,15,23H,6,14,16H2,(H,28,29). The van der Waals surface area contributed by atoms with E-state index in [1.54, 1.807) is 18.2 Å². The van der Waals surface area contributed by atoms with Crippen LogP contribution in [0, 0.1) is 5.82 Å². The molecular weight excluding hydrogens is 445 g/mol. The quantitative estimate of drug-likeness (QED) is 0.420. The summed E-state index contributed by atoms with van der Waals surface area (Å²) in [5, 5.41) is 2.75. The third kappa shape index (κ3) is 4.46. The van der Waals surface area contributed by atoms with E-state index >= 15 is 0 Å². The molecule has 3 aromatic rings. The van der Waals surface area contributed by atoms with Crippen molar-refractivity contribution in [3.63, 3.8) is 0 Å². The van der Waals surface area contributed by atoms with E-state index in [1.807, 2.05) is 30.3 Å². The molecule has 4 rings (SSSR count). The number of carbonyl (C=O) groups excluding carboxylic acids is 1. The Bertz CT molecular complexity index is 1050. The topological polar surface area (TPSA) is 38.3 Å². The molecule has 0 spiro atoms. The number of ether oxygens (including phenoxy) is 1. The lowest BCUT2D eigenvalue weighted by molar-refractivity contribution is 0.143.